The molecule has 0 radical (unpaired) electrons. The third-order valence-corrected chi connectivity index (χ3v) is 8.60. The number of nitrogens with two attached hydrogens (primary N) is 1. The van der Waals surface area contributed by atoms with Crippen molar-refractivity contribution in [2.45, 2.75) is 45.1 Å². The number of ether oxygens (including phenoxy) is 2. The van der Waals surface area contributed by atoms with Gasteiger partial charge in [-0.25, -0.2) is 0 Å². The molecule has 12 heteroatoms. The smallest absolute Gasteiger partial charge is 0.251 e. The molecule has 4 heterocycles. The van der Waals surface area contributed by atoms with Crippen molar-refractivity contribution in [3.05, 3.63) is 75.1 Å². The lowest BCUT2D eigenvalue weighted by molar-refractivity contribution is -0.152. The van der Waals surface area contributed by atoms with Crippen LogP contribution in [0.3, 0.4) is 0 Å². The van der Waals surface area contributed by atoms with Gasteiger partial charge in [-0.3, -0.25) is 24.8 Å². The SMILES string of the molecule is Cc1cnc(-c2ccc(C(=O)NCC(=O)N3CC4(CC3C(=O)N[C@H](C)c3cc(C(=N)N)cs3)OCCO4)cc2)c(C)c1. The number of thiophene rings is 1. The summed E-state index contributed by atoms with van der Waals surface area (Å²) in [4.78, 5) is 46.4. The van der Waals surface area contributed by atoms with Gasteiger partial charge < -0.3 is 30.7 Å². The van der Waals surface area contributed by atoms with E-state index in [0.29, 0.717) is 24.3 Å². The number of nitrogen functional groups attached to an aromatic ring is 1. The summed E-state index contributed by atoms with van der Waals surface area (Å²) in [5.41, 5.74) is 10.4. The molecule has 42 heavy (non-hydrogen) atoms. The first-order chi connectivity index (χ1) is 20.0. The third-order valence-electron chi connectivity index (χ3n) is 7.48. The average molecular weight is 591 g/mol. The second kappa shape index (κ2) is 12.0. The average Bonchev–Trinajstić information content (AvgIpc) is 3.72. The van der Waals surface area contributed by atoms with Crippen molar-refractivity contribution in [2.24, 2.45) is 5.73 Å². The molecule has 2 fully saturated rings. The molecule has 1 spiro atoms. The molecule has 5 N–H and O–H groups in total. The number of aromatic nitrogens is 1. The van der Waals surface area contributed by atoms with Crippen LogP contribution in [0.5, 0.6) is 0 Å². The molecule has 2 aromatic heterocycles. The molecule has 2 aliphatic rings. The topological polar surface area (TPSA) is 160 Å². The summed E-state index contributed by atoms with van der Waals surface area (Å²) >= 11 is 1.39. The quantitative estimate of drug-likeness (QED) is 0.232. The number of benzene rings is 1. The van der Waals surface area contributed by atoms with Crippen molar-refractivity contribution in [1.29, 1.82) is 5.41 Å². The highest BCUT2D eigenvalue weighted by Crippen LogP contribution is 2.35. The van der Waals surface area contributed by atoms with E-state index < -0.39 is 23.6 Å². The maximum atomic E-state index is 13.4. The van der Waals surface area contributed by atoms with E-state index in [0.717, 1.165) is 27.3 Å². The molecule has 2 saturated heterocycles. The fraction of sp³-hybridized carbons (Fsp3) is 0.367. The number of hydrogen-bond donors (Lipinski definition) is 4. The van der Waals surface area contributed by atoms with E-state index in [1.807, 2.05) is 32.9 Å². The number of carbonyl (C=O) groups excluding carboxylic acids is 3. The first kappa shape index (κ1) is 29.4. The summed E-state index contributed by atoms with van der Waals surface area (Å²) in [6.07, 6.45) is 1.99. The molecule has 0 aliphatic carbocycles. The van der Waals surface area contributed by atoms with Crippen LogP contribution in [0.2, 0.25) is 0 Å². The molecule has 1 unspecified atom stereocenters. The highest BCUT2D eigenvalue weighted by molar-refractivity contribution is 7.10. The van der Waals surface area contributed by atoms with Gasteiger partial charge in [-0.1, -0.05) is 18.2 Å². The Hall–Kier alpha value is -4.13. The fourth-order valence-corrected chi connectivity index (χ4v) is 6.22. The molecule has 0 bridgehead atoms. The lowest BCUT2D eigenvalue weighted by Gasteiger charge is -2.25. The van der Waals surface area contributed by atoms with Gasteiger partial charge in [0.25, 0.3) is 5.91 Å². The number of amidine groups is 1. The molecule has 3 amide bonds. The van der Waals surface area contributed by atoms with Crippen LogP contribution < -0.4 is 16.4 Å². The van der Waals surface area contributed by atoms with E-state index >= 15 is 0 Å². The largest absolute Gasteiger partial charge is 0.384 e. The summed E-state index contributed by atoms with van der Waals surface area (Å²) in [6, 6.07) is 9.66. The van der Waals surface area contributed by atoms with Crippen molar-refractivity contribution in [3.8, 4) is 11.3 Å². The number of rotatable bonds is 8. The van der Waals surface area contributed by atoms with Gasteiger partial charge in [0.05, 0.1) is 38.0 Å². The van der Waals surface area contributed by atoms with Crippen LogP contribution in [0.15, 0.2) is 48.0 Å². The second-order valence-corrected chi connectivity index (χ2v) is 11.6. The number of likely N-dealkylation sites (tertiary alicyclic amines) is 1. The number of pyridine rings is 1. The molecule has 5 rings (SSSR count). The zero-order chi connectivity index (χ0) is 30.0. The minimum atomic E-state index is -1.05. The monoisotopic (exact) mass is 590 g/mol. The summed E-state index contributed by atoms with van der Waals surface area (Å²) in [5.74, 6) is -2.27. The predicted molar refractivity (Wildman–Crippen MR) is 158 cm³/mol. The van der Waals surface area contributed by atoms with Crippen molar-refractivity contribution in [3.63, 3.8) is 0 Å². The molecular formula is C30H34N6O5S. The minimum Gasteiger partial charge on any atom is -0.384 e. The van der Waals surface area contributed by atoms with Gasteiger partial charge in [0, 0.05) is 39.6 Å². The predicted octanol–water partition coefficient (Wildman–Crippen LogP) is 2.66. The minimum absolute atomic E-state index is 0.0440. The van der Waals surface area contributed by atoms with Crippen LogP contribution in [0, 0.1) is 19.3 Å². The van der Waals surface area contributed by atoms with Gasteiger partial charge in [0.2, 0.25) is 11.8 Å². The lowest BCUT2D eigenvalue weighted by atomic mass is 10.0. The van der Waals surface area contributed by atoms with Crippen molar-refractivity contribution in [1.82, 2.24) is 20.5 Å². The Bertz CT molecular complexity index is 1510. The zero-order valence-corrected chi connectivity index (χ0v) is 24.5. The Balaban J connectivity index is 1.23. The Morgan fingerprint density at radius 1 is 1.17 bits per heavy atom. The van der Waals surface area contributed by atoms with Crippen molar-refractivity contribution < 1.29 is 23.9 Å². The van der Waals surface area contributed by atoms with E-state index in [1.54, 1.807) is 29.8 Å². The molecule has 2 aliphatic heterocycles. The summed E-state index contributed by atoms with van der Waals surface area (Å²) < 4.78 is 11.6. The number of nitrogens with zero attached hydrogens (tertiary/aromatic N) is 2. The van der Waals surface area contributed by atoms with Gasteiger partial charge in [-0.2, -0.15) is 0 Å². The number of nitrogens with one attached hydrogen (secondary N) is 3. The van der Waals surface area contributed by atoms with E-state index in [4.69, 9.17) is 20.6 Å². The second-order valence-electron chi connectivity index (χ2n) is 10.7. The molecule has 0 saturated carbocycles. The van der Waals surface area contributed by atoms with Crippen LogP contribution in [0.25, 0.3) is 11.3 Å². The van der Waals surface area contributed by atoms with Crippen LogP contribution in [-0.2, 0) is 19.1 Å². The van der Waals surface area contributed by atoms with Crippen molar-refractivity contribution in [2.75, 3.05) is 26.3 Å². The van der Waals surface area contributed by atoms with Gasteiger partial charge in [0.15, 0.2) is 5.79 Å². The van der Waals surface area contributed by atoms with Gasteiger partial charge >= 0.3 is 0 Å². The molecule has 3 aromatic rings. The highest BCUT2D eigenvalue weighted by atomic mass is 32.1. The van der Waals surface area contributed by atoms with E-state index in [-0.39, 0.29) is 37.3 Å². The first-order valence-corrected chi connectivity index (χ1v) is 14.6. The van der Waals surface area contributed by atoms with E-state index in [1.165, 1.54) is 16.2 Å². The molecular weight excluding hydrogens is 556 g/mol. The van der Waals surface area contributed by atoms with Crippen LogP contribution >= 0.6 is 11.3 Å². The maximum Gasteiger partial charge on any atom is 0.251 e. The zero-order valence-electron chi connectivity index (χ0n) is 23.7. The third kappa shape index (κ3) is 6.20. The first-order valence-electron chi connectivity index (χ1n) is 13.7. The fourth-order valence-electron chi connectivity index (χ4n) is 5.30. The molecule has 220 valence electrons. The summed E-state index contributed by atoms with van der Waals surface area (Å²) in [7, 11) is 0. The number of carbonyl (C=O) groups is 3. The van der Waals surface area contributed by atoms with Crippen LogP contribution in [-0.4, -0.2) is 71.6 Å². The van der Waals surface area contributed by atoms with E-state index in [2.05, 4.69) is 21.7 Å². The standard InChI is InChI=1S/C30H34N6O5S/c1-17-10-18(2)26(33-13-17)20-4-6-21(7-5-20)28(38)34-14-25(37)36-16-30(40-8-9-41-30)12-23(36)29(39)35-19(3)24-11-22(15-42-24)27(31)32/h4-7,10-11,13,15,19,23H,8-9,12,14,16H2,1-3H3,(H3,31,32)(H,34,38)(H,35,39)/t19-,23?/m1/s1. The van der Waals surface area contributed by atoms with Crippen molar-refractivity contribution >= 4 is 34.9 Å². The van der Waals surface area contributed by atoms with E-state index in [9.17, 15) is 14.4 Å². The number of hydrogen-bond acceptors (Lipinski definition) is 8. The van der Waals surface area contributed by atoms with Gasteiger partial charge in [-0.05, 0) is 50.1 Å². The highest BCUT2D eigenvalue weighted by Gasteiger charge is 2.52. The molecule has 2 atom stereocenters. The molecule has 1 aromatic carbocycles. The summed E-state index contributed by atoms with van der Waals surface area (Å²) in [5, 5.41) is 15.0. The van der Waals surface area contributed by atoms with Gasteiger partial charge in [-0.15, -0.1) is 11.3 Å². The normalized spacial score (nSPS) is 18.2. The number of aryl methyl sites for hydroxylation is 2. The summed E-state index contributed by atoms with van der Waals surface area (Å²) in [6.45, 7) is 6.35. The Morgan fingerprint density at radius 3 is 2.52 bits per heavy atom. The van der Waals surface area contributed by atoms with Crippen LogP contribution in [0.1, 0.15) is 51.3 Å². The number of amides is 3. The Labute approximate surface area is 247 Å². The maximum absolute atomic E-state index is 13.4. The Morgan fingerprint density at radius 2 is 1.88 bits per heavy atom. The molecule has 11 nitrogen and oxygen atoms in total. The van der Waals surface area contributed by atoms with Crippen LogP contribution in [0.4, 0.5) is 0 Å². The lowest BCUT2D eigenvalue weighted by Crippen LogP contribution is -2.49. The van der Waals surface area contributed by atoms with Gasteiger partial charge in [0.1, 0.15) is 11.9 Å². The Kier molecular flexibility index (Phi) is 8.39.